The Morgan fingerprint density at radius 2 is 1.46 bits per heavy atom. The van der Waals surface area contributed by atoms with Gasteiger partial charge in [0.2, 0.25) is 0 Å². The van der Waals surface area contributed by atoms with E-state index < -0.39 is 0 Å². The molecule has 0 saturated carbocycles. The molecule has 0 fully saturated rings. The van der Waals surface area contributed by atoms with Crippen LogP contribution in [0, 0.1) is 13.8 Å². The first-order valence-electron chi connectivity index (χ1n) is 7.65. The highest BCUT2D eigenvalue weighted by molar-refractivity contribution is 7.05. The molecular formula is C21H26N4S. The standard InChI is InChI=1S/C10H10N2.C9H8N2S.2CH4/c1-9-11-7-8-12(9)10-5-3-2-4-6-10;1-7-9(10-11-12-7)8-5-3-2-4-6-8;;/h2-8H,1H3;2-6H,1H3;2*1H4. The largest absolute Gasteiger partial charge is 0.304 e. The van der Waals surface area contributed by atoms with Crippen molar-refractivity contribution in [3.05, 3.63) is 83.8 Å². The number of imidazole rings is 1. The maximum absolute atomic E-state index is 4.16. The molecule has 136 valence electrons. The minimum atomic E-state index is 0. The lowest BCUT2D eigenvalue weighted by molar-refractivity contribution is 0.975. The average Bonchev–Trinajstić information content (AvgIpc) is 3.25. The summed E-state index contributed by atoms with van der Waals surface area (Å²) in [6, 6.07) is 20.3. The lowest BCUT2D eigenvalue weighted by Gasteiger charge is -2.02. The Morgan fingerprint density at radius 3 is 1.96 bits per heavy atom. The van der Waals surface area contributed by atoms with Gasteiger partial charge in [0.15, 0.2) is 0 Å². The zero-order valence-corrected chi connectivity index (χ0v) is 14.4. The molecule has 0 aliphatic carbocycles. The Morgan fingerprint density at radius 1 is 0.846 bits per heavy atom. The highest BCUT2D eigenvalue weighted by Crippen LogP contribution is 2.21. The second-order valence-corrected chi connectivity index (χ2v) is 6.18. The Bertz CT molecular complexity index is 807. The molecule has 0 amide bonds. The van der Waals surface area contributed by atoms with E-state index in [4.69, 9.17) is 0 Å². The van der Waals surface area contributed by atoms with Crippen LogP contribution >= 0.6 is 11.5 Å². The zero-order chi connectivity index (χ0) is 16.8. The van der Waals surface area contributed by atoms with Gasteiger partial charge in [-0.05, 0) is 37.5 Å². The van der Waals surface area contributed by atoms with Crippen LogP contribution in [0.15, 0.2) is 73.1 Å². The van der Waals surface area contributed by atoms with E-state index in [0.717, 1.165) is 22.8 Å². The van der Waals surface area contributed by atoms with E-state index in [0.29, 0.717) is 0 Å². The topological polar surface area (TPSA) is 43.6 Å². The van der Waals surface area contributed by atoms with Crippen LogP contribution in [-0.4, -0.2) is 19.1 Å². The third kappa shape index (κ3) is 5.10. The van der Waals surface area contributed by atoms with Gasteiger partial charge >= 0.3 is 0 Å². The van der Waals surface area contributed by atoms with Crippen LogP contribution < -0.4 is 0 Å². The number of rotatable bonds is 2. The van der Waals surface area contributed by atoms with Crippen molar-refractivity contribution in [2.24, 2.45) is 0 Å². The molecule has 0 unspecified atom stereocenters. The predicted octanol–water partition coefficient (Wildman–Crippen LogP) is 5.97. The van der Waals surface area contributed by atoms with Crippen molar-refractivity contribution < 1.29 is 0 Å². The maximum Gasteiger partial charge on any atom is 0.110 e. The molecule has 4 aromatic rings. The summed E-state index contributed by atoms with van der Waals surface area (Å²) in [7, 11) is 0. The number of hydrogen-bond acceptors (Lipinski definition) is 4. The lowest BCUT2D eigenvalue weighted by atomic mass is 10.1. The average molecular weight is 367 g/mol. The molecule has 2 heterocycles. The molecule has 4 nitrogen and oxygen atoms in total. The van der Waals surface area contributed by atoms with Crippen molar-refractivity contribution in [3.63, 3.8) is 0 Å². The van der Waals surface area contributed by atoms with E-state index >= 15 is 0 Å². The summed E-state index contributed by atoms with van der Waals surface area (Å²) in [6.07, 6.45) is 3.77. The van der Waals surface area contributed by atoms with E-state index in [9.17, 15) is 0 Å². The SMILES string of the molecule is C.C.Cc1nccn1-c1ccccc1.Cc1snnc1-c1ccccc1. The number of para-hydroxylation sites is 1. The van der Waals surface area contributed by atoms with Crippen molar-refractivity contribution in [2.75, 3.05) is 0 Å². The van der Waals surface area contributed by atoms with Crippen LogP contribution in [-0.2, 0) is 0 Å². The molecule has 0 spiro atoms. The fourth-order valence-corrected chi connectivity index (χ4v) is 2.82. The number of benzene rings is 2. The van der Waals surface area contributed by atoms with E-state index in [1.54, 1.807) is 0 Å². The Kier molecular flexibility index (Phi) is 8.38. The van der Waals surface area contributed by atoms with Gasteiger partial charge in [-0.3, -0.25) is 0 Å². The van der Waals surface area contributed by atoms with Gasteiger partial charge in [0.25, 0.3) is 0 Å². The Hall–Kier alpha value is -2.79. The van der Waals surface area contributed by atoms with Gasteiger partial charge in [-0.1, -0.05) is 67.9 Å². The molecule has 0 aliphatic heterocycles. The first kappa shape index (κ1) is 21.3. The van der Waals surface area contributed by atoms with Gasteiger partial charge in [-0.15, -0.1) is 5.10 Å². The maximum atomic E-state index is 4.16. The van der Waals surface area contributed by atoms with Crippen molar-refractivity contribution in [1.29, 1.82) is 0 Å². The highest BCUT2D eigenvalue weighted by atomic mass is 32.1. The fourth-order valence-electron chi connectivity index (χ4n) is 2.33. The molecule has 2 aromatic heterocycles. The number of nitrogens with zero attached hydrogens (tertiary/aromatic N) is 4. The molecule has 0 aliphatic rings. The molecule has 0 atom stereocenters. The number of hydrogen-bond donors (Lipinski definition) is 0. The monoisotopic (exact) mass is 366 g/mol. The molecule has 5 heteroatoms. The highest BCUT2D eigenvalue weighted by Gasteiger charge is 2.04. The first-order valence-corrected chi connectivity index (χ1v) is 8.43. The number of aromatic nitrogens is 4. The third-order valence-electron chi connectivity index (χ3n) is 3.56. The van der Waals surface area contributed by atoms with Crippen molar-refractivity contribution in [2.45, 2.75) is 28.7 Å². The van der Waals surface area contributed by atoms with Gasteiger partial charge in [0.05, 0.1) is 4.88 Å². The summed E-state index contributed by atoms with van der Waals surface area (Å²) >= 11 is 1.44. The normalized spacial score (nSPS) is 9.31. The van der Waals surface area contributed by atoms with E-state index in [1.807, 2.05) is 74.8 Å². The minimum absolute atomic E-state index is 0. The van der Waals surface area contributed by atoms with E-state index in [2.05, 4.69) is 31.3 Å². The third-order valence-corrected chi connectivity index (χ3v) is 4.19. The van der Waals surface area contributed by atoms with Gasteiger partial charge in [0, 0.05) is 23.6 Å². The smallest absolute Gasteiger partial charge is 0.110 e. The Balaban J connectivity index is 0.000000241. The van der Waals surface area contributed by atoms with Crippen molar-refractivity contribution >= 4 is 11.5 Å². The van der Waals surface area contributed by atoms with Crippen LogP contribution in [0.3, 0.4) is 0 Å². The molecule has 0 bridgehead atoms. The summed E-state index contributed by atoms with van der Waals surface area (Å²) in [6.45, 7) is 4.03. The lowest BCUT2D eigenvalue weighted by Crippen LogP contribution is -1.93. The fraction of sp³-hybridized carbons (Fsp3) is 0.190. The van der Waals surface area contributed by atoms with Crippen LogP contribution in [0.1, 0.15) is 25.6 Å². The molecule has 26 heavy (non-hydrogen) atoms. The van der Waals surface area contributed by atoms with Gasteiger partial charge < -0.3 is 4.57 Å². The molecular weight excluding hydrogens is 340 g/mol. The van der Waals surface area contributed by atoms with Crippen LogP contribution in [0.2, 0.25) is 0 Å². The summed E-state index contributed by atoms with van der Waals surface area (Å²) in [5.41, 5.74) is 3.30. The first-order chi connectivity index (χ1) is 11.8. The van der Waals surface area contributed by atoms with Crippen molar-refractivity contribution in [3.8, 4) is 16.9 Å². The molecule has 0 N–H and O–H groups in total. The number of aryl methyl sites for hydroxylation is 2. The summed E-state index contributed by atoms with van der Waals surface area (Å²) in [4.78, 5) is 5.32. The quantitative estimate of drug-likeness (QED) is 0.439. The summed E-state index contributed by atoms with van der Waals surface area (Å²) in [5, 5.41) is 4.05. The van der Waals surface area contributed by atoms with E-state index in [1.165, 1.54) is 16.4 Å². The Labute approximate surface area is 160 Å². The molecule has 2 aromatic carbocycles. The zero-order valence-electron chi connectivity index (χ0n) is 13.6. The summed E-state index contributed by atoms with van der Waals surface area (Å²) < 4.78 is 5.95. The molecule has 0 saturated heterocycles. The van der Waals surface area contributed by atoms with Crippen LogP contribution in [0.25, 0.3) is 16.9 Å². The van der Waals surface area contributed by atoms with Crippen LogP contribution in [0.5, 0.6) is 0 Å². The van der Waals surface area contributed by atoms with Crippen molar-refractivity contribution in [1.82, 2.24) is 19.1 Å². The predicted molar refractivity (Wildman–Crippen MR) is 112 cm³/mol. The van der Waals surface area contributed by atoms with Crippen LogP contribution in [0.4, 0.5) is 0 Å². The second kappa shape index (κ2) is 10.3. The minimum Gasteiger partial charge on any atom is -0.304 e. The molecule has 4 rings (SSSR count). The van der Waals surface area contributed by atoms with Gasteiger partial charge in [-0.2, -0.15) is 0 Å². The van der Waals surface area contributed by atoms with Gasteiger partial charge in [-0.25, -0.2) is 4.98 Å². The molecule has 0 radical (unpaired) electrons. The summed E-state index contributed by atoms with van der Waals surface area (Å²) in [5.74, 6) is 1.02. The second-order valence-electron chi connectivity index (χ2n) is 5.22. The van der Waals surface area contributed by atoms with Gasteiger partial charge in [0.1, 0.15) is 11.5 Å². The van der Waals surface area contributed by atoms with E-state index in [-0.39, 0.29) is 14.9 Å².